The molecular formula is C32H40N2O3. The average Bonchev–Trinajstić information content (AvgIpc) is 3.68. The van der Waals surface area contributed by atoms with Gasteiger partial charge in [-0.25, -0.2) is 0 Å². The average molecular weight is 501 g/mol. The molecule has 5 aliphatic carbocycles. The third kappa shape index (κ3) is 2.86. The Morgan fingerprint density at radius 2 is 1.92 bits per heavy atom. The molecule has 2 spiro atoms. The fourth-order valence-electron chi connectivity index (χ4n) is 9.93. The van der Waals surface area contributed by atoms with Gasteiger partial charge in [0.15, 0.2) is 11.5 Å². The maximum Gasteiger partial charge on any atom is 0.165 e. The van der Waals surface area contributed by atoms with E-state index in [-0.39, 0.29) is 22.5 Å². The number of benzene rings is 2. The highest BCUT2D eigenvalue weighted by molar-refractivity contribution is 5.63. The summed E-state index contributed by atoms with van der Waals surface area (Å²) in [5.41, 5.74) is 4.36. The third-order valence-electron chi connectivity index (χ3n) is 11.6. The second kappa shape index (κ2) is 7.97. The number of nitrogens with zero attached hydrogens (tertiary/aromatic N) is 1. The van der Waals surface area contributed by atoms with Crippen LogP contribution in [0.5, 0.6) is 11.5 Å². The molecule has 1 N–H and O–H groups in total. The summed E-state index contributed by atoms with van der Waals surface area (Å²) in [7, 11) is 3.74. The van der Waals surface area contributed by atoms with E-state index in [1.54, 1.807) is 7.11 Å². The summed E-state index contributed by atoms with van der Waals surface area (Å²) >= 11 is 0. The van der Waals surface area contributed by atoms with Crippen molar-refractivity contribution in [3.8, 4) is 11.5 Å². The van der Waals surface area contributed by atoms with Gasteiger partial charge in [0, 0.05) is 55.1 Å². The number of rotatable bonds is 8. The molecule has 196 valence electrons. The van der Waals surface area contributed by atoms with Gasteiger partial charge < -0.3 is 19.5 Å². The van der Waals surface area contributed by atoms with Gasteiger partial charge in [-0.05, 0) is 74.6 Å². The van der Waals surface area contributed by atoms with Crippen molar-refractivity contribution in [1.82, 2.24) is 10.2 Å². The zero-order valence-electron chi connectivity index (χ0n) is 22.3. The Hall–Kier alpha value is -2.08. The number of methoxy groups -OCH3 is 2. The molecule has 0 radical (unpaired) electrons. The largest absolute Gasteiger partial charge is 0.493 e. The lowest BCUT2D eigenvalue weighted by molar-refractivity contribution is -0.276. The normalized spacial score (nSPS) is 38.8. The van der Waals surface area contributed by atoms with E-state index < -0.39 is 0 Å². The molecule has 2 aliphatic heterocycles. The van der Waals surface area contributed by atoms with Gasteiger partial charge in [-0.15, -0.1) is 0 Å². The first-order valence-electron chi connectivity index (χ1n) is 14.6. The van der Waals surface area contributed by atoms with Gasteiger partial charge in [-0.3, -0.25) is 4.90 Å². The number of hydrogen-bond acceptors (Lipinski definition) is 5. The van der Waals surface area contributed by atoms with Crippen LogP contribution in [0.1, 0.15) is 55.2 Å². The van der Waals surface area contributed by atoms with Crippen LogP contribution in [0, 0.1) is 17.3 Å². The summed E-state index contributed by atoms with van der Waals surface area (Å²) in [4.78, 5) is 2.92. The summed E-state index contributed by atoms with van der Waals surface area (Å²) in [6.07, 6.45) is 8.81. The highest BCUT2D eigenvalue weighted by Crippen LogP contribution is 2.76. The van der Waals surface area contributed by atoms with Crippen LogP contribution >= 0.6 is 0 Å². The van der Waals surface area contributed by atoms with Gasteiger partial charge in [-0.2, -0.15) is 0 Å². The molecule has 0 amide bonds. The number of likely N-dealkylation sites (tertiary alicyclic amines) is 1. The fraction of sp³-hybridized carbons (Fsp3) is 0.625. The highest BCUT2D eigenvalue weighted by atomic mass is 16.6. The molecule has 7 aliphatic rings. The molecule has 6 unspecified atom stereocenters. The van der Waals surface area contributed by atoms with Crippen LogP contribution in [0.4, 0.5) is 0 Å². The summed E-state index contributed by atoms with van der Waals surface area (Å²) in [6.45, 7) is 4.35. The molecule has 9 rings (SSSR count). The van der Waals surface area contributed by atoms with Crippen molar-refractivity contribution < 1.29 is 14.2 Å². The van der Waals surface area contributed by atoms with Crippen LogP contribution in [0.25, 0.3) is 0 Å². The molecule has 1 saturated heterocycles. The Morgan fingerprint density at radius 3 is 2.70 bits per heavy atom. The first-order valence-corrected chi connectivity index (χ1v) is 14.6. The zero-order chi connectivity index (χ0) is 24.8. The van der Waals surface area contributed by atoms with Crippen molar-refractivity contribution >= 4 is 0 Å². The van der Waals surface area contributed by atoms with Gasteiger partial charge in [0.2, 0.25) is 0 Å². The Morgan fingerprint density at radius 1 is 1.05 bits per heavy atom. The minimum Gasteiger partial charge on any atom is -0.493 e. The molecule has 0 aromatic heterocycles. The third-order valence-corrected chi connectivity index (χ3v) is 11.6. The van der Waals surface area contributed by atoms with Crippen LogP contribution < -0.4 is 14.8 Å². The first kappa shape index (κ1) is 22.9. The summed E-state index contributed by atoms with van der Waals surface area (Å²) < 4.78 is 19.7. The van der Waals surface area contributed by atoms with E-state index in [4.69, 9.17) is 14.2 Å². The van der Waals surface area contributed by atoms with Crippen molar-refractivity contribution in [1.29, 1.82) is 0 Å². The predicted octanol–water partition coefficient (Wildman–Crippen LogP) is 4.71. The van der Waals surface area contributed by atoms with E-state index in [1.165, 1.54) is 61.9 Å². The molecule has 6 atom stereocenters. The van der Waals surface area contributed by atoms with E-state index in [1.807, 2.05) is 7.11 Å². The standard InChI is InChI=1S/C32H40N2O3/c1-35-25-11-10-23-16-26-30-12-13-32(36-2,24(17-30)19-33-18-21-6-4-3-5-7-21)29-31(30,27(23)28(25)37-29)14-15-34(26)20-22-8-9-22/h3-7,10-11,22,24,26,29,33H,8-9,12-20H2,1-2H3. The van der Waals surface area contributed by atoms with E-state index in [2.05, 4.69) is 52.7 Å². The maximum absolute atomic E-state index is 7.15. The second-order valence-electron chi connectivity index (χ2n) is 12.8. The molecule has 5 heteroatoms. The summed E-state index contributed by atoms with van der Waals surface area (Å²) in [5.74, 6) is 3.28. The minimum absolute atomic E-state index is 0.0410. The minimum atomic E-state index is -0.271. The lowest BCUT2D eigenvalue weighted by Gasteiger charge is -2.74. The van der Waals surface area contributed by atoms with E-state index in [0.717, 1.165) is 43.3 Å². The van der Waals surface area contributed by atoms with Crippen LogP contribution in [-0.4, -0.2) is 56.5 Å². The number of piperidine rings is 1. The van der Waals surface area contributed by atoms with Gasteiger partial charge in [0.25, 0.3) is 0 Å². The topological polar surface area (TPSA) is 43.0 Å². The Bertz CT molecular complexity index is 1210. The van der Waals surface area contributed by atoms with Crippen molar-refractivity contribution in [2.24, 2.45) is 17.3 Å². The number of fused-ring (bicyclic) bond motifs is 2. The number of hydrogen-bond donors (Lipinski definition) is 1. The number of nitrogens with one attached hydrogen (secondary N) is 1. The Balaban J connectivity index is 1.22. The molecule has 2 aromatic rings. The summed E-state index contributed by atoms with van der Waals surface area (Å²) in [6, 6.07) is 15.9. The molecular weight excluding hydrogens is 460 g/mol. The quantitative estimate of drug-likeness (QED) is 0.569. The van der Waals surface area contributed by atoms with Crippen molar-refractivity contribution in [2.75, 3.05) is 33.9 Å². The first-order chi connectivity index (χ1) is 18.1. The van der Waals surface area contributed by atoms with Gasteiger partial charge >= 0.3 is 0 Å². The molecule has 2 heterocycles. The lowest BCUT2D eigenvalue weighted by atomic mass is 9.35. The van der Waals surface area contributed by atoms with Crippen molar-refractivity contribution in [3.63, 3.8) is 0 Å². The van der Waals surface area contributed by atoms with Crippen molar-refractivity contribution in [3.05, 3.63) is 59.2 Å². The van der Waals surface area contributed by atoms with Crippen LogP contribution in [-0.2, 0) is 23.1 Å². The van der Waals surface area contributed by atoms with Crippen LogP contribution in [0.3, 0.4) is 0 Å². The second-order valence-corrected chi connectivity index (χ2v) is 12.8. The van der Waals surface area contributed by atoms with Crippen LogP contribution in [0.2, 0.25) is 0 Å². The SMILES string of the molecule is COc1ccc2c3c1OC1C4(OC)CCC5(CC4CNCc4ccccc4)C(C2)N(CC2CC2)CCC315. The monoisotopic (exact) mass is 500 g/mol. The maximum atomic E-state index is 7.15. The molecule has 5 nitrogen and oxygen atoms in total. The van der Waals surface area contributed by atoms with Crippen molar-refractivity contribution in [2.45, 2.75) is 74.7 Å². The van der Waals surface area contributed by atoms with Crippen LogP contribution in [0.15, 0.2) is 42.5 Å². The van der Waals surface area contributed by atoms with E-state index in [9.17, 15) is 0 Å². The van der Waals surface area contributed by atoms with E-state index >= 15 is 0 Å². The molecule has 2 aromatic carbocycles. The van der Waals surface area contributed by atoms with E-state index in [0.29, 0.717) is 12.0 Å². The summed E-state index contributed by atoms with van der Waals surface area (Å²) in [5, 5.41) is 3.84. The molecule has 4 bridgehead atoms. The Kier molecular flexibility index (Phi) is 4.92. The lowest BCUT2D eigenvalue weighted by Crippen LogP contribution is -2.81. The van der Waals surface area contributed by atoms with Gasteiger partial charge in [0.1, 0.15) is 11.7 Å². The van der Waals surface area contributed by atoms with Gasteiger partial charge in [0.05, 0.1) is 7.11 Å². The molecule has 4 saturated carbocycles. The zero-order valence-corrected chi connectivity index (χ0v) is 22.3. The molecule has 5 fully saturated rings. The fourth-order valence-corrected chi connectivity index (χ4v) is 9.93. The van der Waals surface area contributed by atoms with Gasteiger partial charge in [-0.1, -0.05) is 36.4 Å². The number of ether oxygens (including phenoxy) is 3. The Labute approximate surface area is 220 Å². The molecule has 37 heavy (non-hydrogen) atoms. The predicted molar refractivity (Wildman–Crippen MR) is 143 cm³/mol. The highest BCUT2D eigenvalue weighted by Gasteiger charge is 2.80. The smallest absolute Gasteiger partial charge is 0.165 e.